The first kappa shape index (κ1) is 16.0. The van der Waals surface area contributed by atoms with Gasteiger partial charge < -0.3 is 14.6 Å². The number of fused-ring (bicyclic) bond motifs is 1. The van der Waals surface area contributed by atoms with E-state index in [1.165, 1.54) is 24.2 Å². The number of aryl methyl sites for hydroxylation is 1. The monoisotopic (exact) mass is 336 g/mol. The third-order valence-corrected chi connectivity index (χ3v) is 5.12. The minimum Gasteiger partial charge on any atom is -0.493 e. The molecule has 2 heterocycles. The second-order valence-electron chi connectivity index (χ2n) is 7.00. The molecule has 0 spiro atoms. The second-order valence-corrected chi connectivity index (χ2v) is 7.00. The number of aromatic nitrogens is 1. The summed E-state index contributed by atoms with van der Waals surface area (Å²) in [4.78, 5) is 12.4. The molecule has 0 radical (unpaired) electrons. The fourth-order valence-corrected chi connectivity index (χ4v) is 3.74. The van der Waals surface area contributed by atoms with E-state index < -0.39 is 0 Å². The van der Waals surface area contributed by atoms with Gasteiger partial charge in [-0.05, 0) is 50.5 Å². The first-order chi connectivity index (χ1) is 12.1. The predicted octanol–water partition coefficient (Wildman–Crippen LogP) is 4.09. The fraction of sp³-hybridized carbons (Fsp3) is 0.381. The summed E-state index contributed by atoms with van der Waals surface area (Å²) in [5.74, 6) is 0.814. The van der Waals surface area contributed by atoms with Gasteiger partial charge in [-0.25, -0.2) is 0 Å². The van der Waals surface area contributed by atoms with Crippen LogP contribution in [-0.4, -0.2) is 17.1 Å². The van der Waals surface area contributed by atoms with Crippen LogP contribution in [0, 0.1) is 13.8 Å². The molecule has 1 aromatic heterocycles. The van der Waals surface area contributed by atoms with Crippen LogP contribution in [0.3, 0.4) is 0 Å². The molecular weight excluding hydrogens is 312 g/mol. The van der Waals surface area contributed by atoms with Crippen molar-refractivity contribution in [1.82, 2.24) is 9.88 Å². The van der Waals surface area contributed by atoms with Crippen LogP contribution in [-0.2, 0) is 4.79 Å². The highest BCUT2D eigenvalue weighted by molar-refractivity contribution is 5.92. The Morgan fingerprint density at radius 2 is 2.04 bits per heavy atom. The first-order valence-corrected chi connectivity index (χ1v) is 9.02. The zero-order valence-corrected chi connectivity index (χ0v) is 14.8. The minimum atomic E-state index is -0.0575. The van der Waals surface area contributed by atoms with Gasteiger partial charge in [0.25, 0.3) is 0 Å². The quantitative estimate of drug-likeness (QED) is 0.855. The number of para-hydroxylation sites is 1. The average Bonchev–Trinajstić information content (AvgIpc) is 3.39. The number of carbonyl (C=O) groups is 1. The van der Waals surface area contributed by atoms with Crippen LogP contribution < -0.4 is 10.1 Å². The van der Waals surface area contributed by atoms with Crippen LogP contribution in [0.1, 0.15) is 53.9 Å². The first-order valence-electron chi connectivity index (χ1n) is 9.02. The lowest BCUT2D eigenvalue weighted by Gasteiger charge is -2.26. The Bertz CT molecular complexity index is 830. The molecule has 25 heavy (non-hydrogen) atoms. The van der Waals surface area contributed by atoms with Crippen LogP contribution >= 0.6 is 0 Å². The fourth-order valence-electron chi connectivity index (χ4n) is 3.74. The molecule has 1 aliphatic carbocycles. The van der Waals surface area contributed by atoms with Crippen LogP contribution in [0.4, 0.5) is 0 Å². The van der Waals surface area contributed by atoms with Crippen molar-refractivity contribution in [3.63, 3.8) is 0 Å². The van der Waals surface area contributed by atoms with Gasteiger partial charge in [0.05, 0.1) is 12.6 Å². The predicted molar refractivity (Wildman–Crippen MR) is 98.6 cm³/mol. The van der Waals surface area contributed by atoms with Gasteiger partial charge in [0.15, 0.2) is 0 Å². The zero-order chi connectivity index (χ0) is 17.4. The van der Waals surface area contributed by atoms with E-state index in [0.29, 0.717) is 12.6 Å². The van der Waals surface area contributed by atoms with Crippen LogP contribution in [0.5, 0.6) is 5.75 Å². The highest BCUT2D eigenvalue weighted by Crippen LogP contribution is 2.38. The third-order valence-electron chi connectivity index (χ3n) is 5.12. The molecule has 1 fully saturated rings. The number of ether oxygens (including phenoxy) is 1. The van der Waals surface area contributed by atoms with E-state index in [9.17, 15) is 4.79 Å². The van der Waals surface area contributed by atoms with Crippen LogP contribution in [0.25, 0.3) is 6.08 Å². The van der Waals surface area contributed by atoms with E-state index >= 15 is 0 Å². The molecule has 1 aromatic carbocycles. The summed E-state index contributed by atoms with van der Waals surface area (Å²) in [6.45, 7) is 4.91. The molecular formula is C21H24N2O2. The van der Waals surface area contributed by atoms with Crippen LogP contribution in [0.2, 0.25) is 0 Å². The van der Waals surface area contributed by atoms with Gasteiger partial charge in [-0.2, -0.15) is 0 Å². The van der Waals surface area contributed by atoms with Crippen molar-refractivity contribution < 1.29 is 9.53 Å². The van der Waals surface area contributed by atoms with E-state index in [4.69, 9.17) is 4.74 Å². The van der Waals surface area contributed by atoms with Crippen molar-refractivity contribution >= 4 is 12.0 Å². The van der Waals surface area contributed by atoms with E-state index in [1.54, 1.807) is 6.08 Å². The number of carbonyl (C=O) groups excluding carboxylic acids is 1. The second kappa shape index (κ2) is 6.43. The van der Waals surface area contributed by atoms with Crippen molar-refractivity contribution in [3.8, 4) is 5.75 Å². The molecule has 4 nitrogen and oxygen atoms in total. The number of nitrogens with one attached hydrogen (secondary N) is 1. The molecule has 130 valence electrons. The molecule has 1 atom stereocenters. The summed E-state index contributed by atoms with van der Waals surface area (Å²) in [6, 6.07) is 10.8. The maximum absolute atomic E-state index is 12.4. The van der Waals surface area contributed by atoms with Gasteiger partial charge in [0.1, 0.15) is 5.75 Å². The maximum atomic E-state index is 12.4. The minimum absolute atomic E-state index is 0.0148. The summed E-state index contributed by atoms with van der Waals surface area (Å²) in [6.07, 6.45) is 6.91. The number of rotatable bonds is 4. The summed E-state index contributed by atoms with van der Waals surface area (Å²) < 4.78 is 8.05. The molecule has 1 aliphatic heterocycles. The Balaban J connectivity index is 1.46. The Morgan fingerprint density at radius 3 is 2.84 bits per heavy atom. The Morgan fingerprint density at radius 1 is 1.24 bits per heavy atom. The van der Waals surface area contributed by atoms with E-state index in [0.717, 1.165) is 23.3 Å². The SMILES string of the molecule is Cc1cc(/C=C/C(=O)NC2CCOc3ccccc32)c(C)n1C1CC1. The van der Waals surface area contributed by atoms with Gasteiger partial charge in [0.2, 0.25) is 5.91 Å². The van der Waals surface area contributed by atoms with Gasteiger partial charge in [-0.15, -0.1) is 0 Å². The number of hydrogen-bond donors (Lipinski definition) is 1. The normalized spacial score (nSPS) is 19.5. The molecule has 1 N–H and O–H groups in total. The van der Waals surface area contributed by atoms with Crippen molar-refractivity contribution in [3.05, 3.63) is 58.9 Å². The lowest BCUT2D eigenvalue weighted by atomic mass is 10.0. The van der Waals surface area contributed by atoms with Gasteiger partial charge in [0, 0.05) is 35.5 Å². The molecule has 0 bridgehead atoms. The third kappa shape index (κ3) is 3.21. The topological polar surface area (TPSA) is 43.3 Å². The lowest BCUT2D eigenvalue weighted by Crippen LogP contribution is -2.30. The summed E-state index contributed by atoms with van der Waals surface area (Å²) in [7, 11) is 0. The number of hydrogen-bond acceptors (Lipinski definition) is 2. The molecule has 4 rings (SSSR count). The highest BCUT2D eigenvalue weighted by atomic mass is 16.5. The van der Waals surface area contributed by atoms with Crippen LogP contribution in [0.15, 0.2) is 36.4 Å². The molecule has 1 amide bonds. The van der Waals surface area contributed by atoms with E-state index in [1.807, 2.05) is 30.3 Å². The number of amides is 1. The summed E-state index contributed by atoms with van der Waals surface area (Å²) in [5.41, 5.74) is 4.72. The van der Waals surface area contributed by atoms with Crippen molar-refractivity contribution in [1.29, 1.82) is 0 Å². The molecule has 2 aliphatic rings. The Hall–Kier alpha value is -2.49. The molecule has 2 aromatic rings. The molecule has 0 saturated heterocycles. The Kier molecular flexibility index (Phi) is 4.12. The number of benzene rings is 1. The zero-order valence-electron chi connectivity index (χ0n) is 14.8. The molecule has 1 unspecified atom stereocenters. The maximum Gasteiger partial charge on any atom is 0.244 e. The standard InChI is InChI=1S/C21H24N2O2/c1-14-13-16(15(2)23(14)17-8-9-17)7-10-21(24)22-19-11-12-25-20-6-4-3-5-18(19)20/h3-7,10,13,17,19H,8-9,11-12H2,1-2H3,(H,22,24)/b10-7+. The molecule has 4 heteroatoms. The van der Waals surface area contributed by atoms with Crippen molar-refractivity contribution in [2.75, 3.05) is 6.61 Å². The molecule has 1 saturated carbocycles. The lowest BCUT2D eigenvalue weighted by molar-refractivity contribution is -0.117. The Labute approximate surface area is 148 Å². The highest BCUT2D eigenvalue weighted by Gasteiger charge is 2.26. The largest absolute Gasteiger partial charge is 0.493 e. The smallest absolute Gasteiger partial charge is 0.244 e. The van der Waals surface area contributed by atoms with Crippen molar-refractivity contribution in [2.45, 2.75) is 45.2 Å². The number of nitrogens with zero attached hydrogens (tertiary/aromatic N) is 1. The van der Waals surface area contributed by atoms with Gasteiger partial charge >= 0.3 is 0 Å². The average molecular weight is 336 g/mol. The summed E-state index contributed by atoms with van der Waals surface area (Å²) >= 11 is 0. The van der Waals surface area contributed by atoms with Crippen molar-refractivity contribution in [2.24, 2.45) is 0 Å². The van der Waals surface area contributed by atoms with Gasteiger partial charge in [-0.3, -0.25) is 4.79 Å². The van der Waals surface area contributed by atoms with E-state index in [2.05, 4.69) is 29.8 Å². The van der Waals surface area contributed by atoms with E-state index in [-0.39, 0.29) is 11.9 Å². The van der Waals surface area contributed by atoms with Gasteiger partial charge in [-0.1, -0.05) is 18.2 Å². The summed E-state index contributed by atoms with van der Waals surface area (Å²) in [5, 5.41) is 3.11.